The van der Waals surface area contributed by atoms with E-state index in [9.17, 15) is 13.2 Å². The molecule has 1 amide bonds. The lowest BCUT2D eigenvalue weighted by atomic mass is 10.3. The molecular formula is C10H21NO3S. The molecule has 4 nitrogen and oxygen atoms in total. The van der Waals surface area contributed by atoms with Crippen LogP contribution in [0.2, 0.25) is 0 Å². The summed E-state index contributed by atoms with van der Waals surface area (Å²) >= 11 is 0. The second kappa shape index (κ2) is 6.10. The van der Waals surface area contributed by atoms with E-state index in [-0.39, 0.29) is 5.91 Å². The third kappa shape index (κ3) is 4.64. The fraction of sp³-hybridized carbons (Fsp3) is 0.900. The largest absolute Gasteiger partial charge is 0.342 e. The van der Waals surface area contributed by atoms with Crippen molar-refractivity contribution in [3.63, 3.8) is 0 Å². The summed E-state index contributed by atoms with van der Waals surface area (Å²) in [6.07, 6.45) is 2.80. The Morgan fingerprint density at radius 2 is 1.60 bits per heavy atom. The molecule has 0 saturated heterocycles. The zero-order valence-corrected chi connectivity index (χ0v) is 10.8. The van der Waals surface area contributed by atoms with Crippen LogP contribution in [0.25, 0.3) is 0 Å². The average molecular weight is 235 g/mol. The lowest BCUT2D eigenvalue weighted by Gasteiger charge is -2.24. The standard InChI is InChI=1S/C10H21NO3S/c1-5-7-11(8-6-2)10(12)9(3)15(4,13)14/h9H,5-8H2,1-4H3. The lowest BCUT2D eigenvalue weighted by molar-refractivity contribution is -0.130. The molecule has 1 atom stereocenters. The van der Waals surface area contributed by atoms with Crippen LogP contribution in [0, 0.1) is 0 Å². The van der Waals surface area contributed by atoms with Crippen molar-refractivity contribution in [3.05, 3.63) is 0 Å². The molecule has 0 aliphatic heterocycles. The minimum Gasteiger partial charge on any atom is -0.342 e. The van der Waals surface area contributed by atoms with Gasteiger partial charge in [-0.1, -0.05) is 13.8 Å². The number of hydrogen-bond donors (Lipinski definition) is 0. The molecule has 0 fully saturated rings. The second-order valence-electron chi connectivity index (χ2n) is 3.80. The number of nitrogens with zero attached hydrogens (tertiary/aromatic N) is 1. The number of amides is 1. The third-order valence-corrected chi connectivity index (χ3v) is 3.77. The van der Waals surface area contributed by atoms with E-state index < -0.39 is 15.1 Å². The maximum absolute atomic E-state index is 11.8. The maximum atomic E-state index is 11.8. The van der Waals surface area contributed by atoms with Gasteiger partial charge < -0.3 is 4.90 Å². The molecule has 0 aromatic heterocycles. The van der Waals surface area contributed by atoms with Gasteiger partial charge in [-0.15, -0.1) is 0 Å². The first-order chi connectivity index (χ1) is 6.84. The quantitative estimate of drug-likeness (QED) is 0.692. The number of rotatable bonds is 6. The molecule has 0 N–H and O–H groups in total. The first kappa shape index (κ1) is 14.4. The molecule has 0 aliphatic carbocycles. The Bertz CT molecular complexity index is 292. The predicted molar refractivity (Wildman–Crippen MR) is 61.5 cm³/mol. The van der Waals surface area contributed by atoms with Crippen LogP contribution in [-0.4, -0.2) is 43.8 Å². The van der Waals surface area contributed by atoms with Crippen molar-refractivity contribution >= 4 is 15.7 Å². The summed E-state index contributed by atoms with van der Waals surface area (Å²) < 4.78 is 22.5. The monoisotopic (exact) mass is 235 g/mol. The summed E-state index contributed by atoms with van der Waals surface area (Å²) in [5.41, 5.74) is 0. The van der Waals surface area contributed by atoms with Gasteiger partial charge in [0.2, 0.25) is 5.91 Å². The molecule has 0 aromatic rings. The lowest BCUT2D eigenvalue weighted by Crippen LogP contribution is -2.42. The molecule has 0 saturated carbocycles. The Morgan fingerprint density at radius 3 is 1.87 bits per heavy atom. The number of carbonyl (C=O) groups excluding carboxylic acids is 1. The van der Waals surface area contributed by atoms with Crippen molar-refractivity contribution in [2.75, 3.05) is 19.3 Å². The van der Waals surface area contributed by atoms with Crippen LogP contribution in [0.1, 0.15) is 33.6 Å². The van der Waals surface area contributed by atoms with Crippen molar-refractivity contribution in [1.29, 1.82) is 0 Å². The molecule has 0 aliphatic rings. The highest BCUT2D eigenvalue weighted by Crippen LogP contribution is 2.05. The van der Waals surface area contributed by atoms with E-state index >= 15 is 0 Å². The van der Waals surface area contributed by atoms with Gasteiger partial charge in [-0.05, 0) is 19.8 Å². The molecule has 5 heteroatoms. The highest BCUT2D eigenvalue weighted by Gasteiger charge is 2.27. The number of carbonyl (C=O) groups is 1. The van der Waals surface area contributed by atoms with E-state index in [4.69, 9.17) is 0 Å². The van der Waals surface area contributed by atoms with Crippen LogP contribution in [0.15, 0.2) is 0 Å². The van der Waals surface area contributed by atoms with E-state index in [1.807, 2.05) is 13.8 Å². The van der Waals surface area contributed by atoms with Gasteiger partial charge in [0.25, 0.3) is 0 Å². The molecular weight excluding hydrogens is 214 g/mol. The van der Waals surface area contributed by atoms with E-state index in [1.54, 1.807) is 4.90 Å². The summed E-state index contributed by atoms with van der Waals surface area (Å²) in [7, 11) is -3.27. The highest BCUT2D eigenvalue weighted by atomic mass is 32.2. The summed E-state index contributed by atoms with van der Waals surface area (Å²) in [4.78, 5) is 13.4. The Morgan fingerprint density at radius 1 is 1.20 bits per heavy atom. The van der Waals surface area contributed by atoms with Crippen molar-refractivity contribution in [3.8, 4) is 0 Å². The van der Waals surface area contributed by atoms with Gasteiger partial charge in [-0.25, -0.2) is 8.42 Å². The van der Waals surface area contributed by atoms with Gasteiger partial charge in [-0.2, -0.15) is 0 Å². The van der Waals surface area contributed by atoms with Crippen LogP contribution >= 0.6 is 0 Å². The molecule has 0 heterocycles. The van der Waals surface area contributed by atoms with Crippen LogP contribution in [0.3, 0.4) is 0 Å². The Balaban J connectivity index is 4.63. The van der Waals surface area contributed by atoms with Gasteiger partial charge >= 0.3 is 0 Å². The summed E-state index contributed by atoms with van der Waals surface area (Å²) in [5.74, 6) is -0.277. The highest BCUT2D eigenvalue weighted by molar-refractivity contribution is 7.92. The van der Waals surface area contributed by atoms with Crippen LogP contribution in [-0.2, 0) is 14.6 Å². The van der Waals surface area contributed by atoms with E-state index in [1.165, 1.54) is 6.92 Å². The molecule has 0 bridgehead atoms. The van der Waals surface area contributed by atoms with Crippen LogP contribution in [0.5, 0.6) is 0 Å². The molecule has 15 heavy (non-hydrogen) atoms. The fourth-order valence-corrected chi connectivity index (χ4v) is 1.83. The number of hydrogen-bond acceptors (Lipinski definition) is 3. The van der Waals surface area contributed by atoms with Crippen molar-refractivity contribution in [1.82, 2.24) is 4.90 Å². The summed E-state index contributed by atoms with van der Waals surface area (Å²) in [6.45, 7) is 6.66. The van der Waals surface area contributed by atoms with Crippen molar-refractivity contribution in [2.45, 2.75) is 38.9 Å². The summed E-state index contributed by atoms with van der Waals surface area (Å²) in [5, 5.41) is -0.921. The summed E-state index contributed by atoms with van der Waals surface area (Å²) in [6, 6.07) is 0. The Kier molecular flexibility index (Phi) is 5.87. The molecule has 1 unspecified atom stereocenters. The predicted octanol–water partition coefficient (Wildman–Crippen LogP) is 1.07. The smallest absolute Gasteiger partial charge is 0.240 e. The Hall–Kier alpha value is -0.580. The van der Waals surface area contributed by atoms with Gasteiger partial charge in [0.05, 0.1) is 0 Å². The van der Waals surface area contributed by atoms with E-state index in [0.717, 1.165) is 19.1 Å². The zero-order valence-electron chi connectivity index (χ0n) is 9.99. The molecule has 0 aromatic carbocycles. The first-order valence-electron chi connectivity index (χ1n) is 5.32. The fourth-order valence-electron chi connectivity index (χ4n) is 1.31. The average Bonchev–Trinajstić information content (AvgIpc) is 2.14. The molecule has 0 rings (SSSR count). The van der Waals surface area contributed by atoms with Gasteiger partial charge in [-0.3, -0.25) is 4.79 Å². The second-order valence-corrected chi connectivity index (χ2v) is 6.16. The topological polar surface area (TPSA) is 54.5 Å². The molecule has 0 spiro atoms. The van der Waals surface area contributed by atoms with Crippen molar-refractivity contribution in [2.24, 2.45) is 0 Å². The molecule has 90 valence electrons. The van der Waals surface area contributed by atoms with Crippen molar-refractivity contribution < 1.29 is 13.2 Å². The van der Waals surface area contributed by atoms with Crippen LogP contribution in [0.4, 0.5) is 0 Å². The Labute approximate surface area is 92.6 Å². The zero-order chi connectivity index (χ0) is 12.1. The number of sulfone groups is 1. The first-order valence-corrected chi connectivity index (χ1v) is 7.27. The van der Waals surface area contributed by atoms with E-state index in [2.05, 4.69) is 0 Å². The normalized spacial score (nSPS) is 13.6. The third-order valence-electron chi connectivity index (χ3n) is 2.29. The van der Waals surface area contributed by atoms with Gasteiger partial charge in [0.1, 0.15) is 5.25 Å². The maximum Gasteiger partial charge on any atom is 0.240 e. The molecule has 0 radical (unpaired) electrons. The van der Waals surface area contributed by atoms with Gasteiger partial charge in [0, 0.05) is 19.3 Å². The van der Waals surface area contributed by atoms with Gasteiger partial charge in [0.15, 0.2) is 9.84 Å². The minimum atomic E-state index is -3.27. The van der Waals surface area contributed by atoms with E-state index in [0.29, 0.717) is 13.1 Å². The SMILES string of the molecule is CCCN(CCC)C(=O)C(C)S(C)(=O)=O. The van der Waals surface area contributed by atoms with Crippen LogP contribution < -0.4 is 0 Å². The minimum absolute atomic E-state index is 0.277.